The van der Waals surface area contributed by atoms with Gasteiger partial charge in [0.1, 0.15) is 5.54 Å². The highest BCUT2D eigenvalue weighted by molar-refractivity contribution is 5.78. The van der Waals surface area contributed by atoms with Gasteiger partial charge < -0.3 is 20.1 Å². The number of carboxylic acid groups (broad SMARTS) is 1. The minimum Gasteiger partial charge on any atom is -0.480 e. The first-order valence-electron chi connectivity index (χ1n) is 7.66. The first kappa shape index (κ1) is 19.4. The third-order valence-electron chi connectivity index (χ3n) is 3.60. The number of likely N-dealkylation sites (N-methyl/N-ethyl adjacent to an activating group) is 2. The van der Waals surface area contributed by atoms with Crippen LogP contribution < -0.4 is 5.32 Å². The van der Waals surface area contributed by atoms with Gasteiger partial charge in [-0.05, 0) is 53.2 Å². The standard InChI is InChI=1S/C15H32N2O3/c1-6-15(14(18)19,16-7-2)9-8-10-17(5)11-12-20-13(3)4/h13,16H,6-12H2,1-5H3,(H,18,19). The van der Waals surface area contributed by atoms with Gasteiger partial charge in [-0.3, -0.25) is 4.79 Å². The van der Waals surface area contributed by atoms with Crippen LogP contribution in [0.5, 0.6) is 0 Å². The molecule has 0 aromatic heterocycles. The molecule has 0 rings (SSSR count). The lowest BCUT2D eigenvalue weighted by Gasteiger charge is -2.30. The van der Waals surface area contributed by atoms with Gasteiger partial charge in [-0.15, -0.1) is 0 Å². The van der Waals surface area contributed by atoms with Gasteiger partial charge in [0.25, 0.3) is 0 Å². The van der Waals surface area contributed by atoms with Crippen LogP contribution in [0.15, 0.2) is 0 Å². The second-order valence-corrected chi connectivity index (χ2v) is 5.60. The number of hydrogen-bond acceptors (Lipinski definition) is 4. The van der Waals surface area contributed by atoms with Gasteiger partial charge in [0.05, 0.1) is 12.7 Å². The highest BCUT2D eigenvalue weighted by Crippen LogP contribution is 2.18. The zero-order chi connectivity index (χ0) is 15.6. The Hall–Kier alpha value is -0.650. The second kappa shape index (κ2) is 10.1. The molecule has 0 aliphatic carbocycles. The molecule has 0 saturated carbocycles. The summed E-state index contributed by atoms with van der Waals surface area (Å²) in [5, 5.41) is 12.6. The quantitative estimate of drug-likeness (QED) is 0.575. The van der Waals surface area contributed by atoms with Gasteiger partial charge in [0.2, 0.25) is 0 Å². The van der Waals surface area contributed by atoms with Gasteiger partial charge in [0, 0.05) is 6.54 Å². The molecule has 0 radical (unpaired) electrons. The van der Waals surface area contributed by atoms with Crippen molar-refractivity contribution < 1.29 is 14.6 Å². The van der Waals surface area contributed by atoms with Crippen molar-refractivity contribution in [2.45, 2.75) is 58.6 Å². The van der Waals surface area contributed by atoms with E-state index in [9.17, 15) is 9.90 Å². The number of nitrogens with one attached hydrogen (secondary N) is 1. The summed E-state index contributed by atoms with van der Waals surface area (Å²) in [4.78, 5) is 13.7. The van der Waals surface area contributed by atoms with Crippen molar-refractivity contribution in [1.29, 1.82) is 0 Å². The smallest absolute Gasteiger partial charge is 0.323 e. The van der Waals surface area contributed by atoms with E-state index >= 15 is 0 Å². The van der Waals surface area contributed by atoms with E-state index < -0.39 is 11.5 Å². The SMILES string of the molecule is CCNC(CC)(CCCN(C)CCOC(C)C)C(=O)O. The average Bonchev–Trinajstić information content (AvgIpc) is 2.36. The largest absolute Gasteiger partial charge is 0.480 e. The van der Waals surface area contributed by atoms with E-state index in [2.05, 4.69) is 10.2 Å². The summed E-state index contributed by atoms with van der Waals surface area (Å²) in [6.45, 7) is 11.1. The topological polar surface area (TPSA) is 61.8 Å². The summed E-state index contributed by atoms with van der Waals surface area (Å²) in [5.74, 6) is -0.743. The van der Waals surface area contributed by atoms with Crippen molar-refractivity contribution >= 4 is 5.97 Å². The minimum atomic E-state index is -0.774. The highest BCUT2D eigenvalue weighted by Gasteiger charge is 2.34. The molecule has 5 heteroatoms. The minimum absolute atomic E-state index is 0.261. The molecule has 0 aromatic rings. The van der Waals surface area contributed by atoms with Gasteiger partial charge in [-0.2, -0.15) is 0 Å². The lowest BCUT2D eigenvalue weighted by Crippen LogP contribution is -2.51. The molecule has 5 nitrogen and oxygen atoms in total. The van der Waals surface area contributed by atoms with Crippen LogP contribution >= 0.6 is 0 Å². The van der Waals surface area contributed by atoms with Crippen molar-refractivity contribution in [1.82, 2.24) is 10.2 Å². The number of rotatable bonds is 12. The van der Waals surface area contributed by atoms with Crippen LogP contribution in [0.2, 0.25) is 0 Å². The number of nitrogens with zero attached hydrogens (tertiary/aromatic N) is 1. The van der Waals surface area contributed by atoms with Crippen molar-refractivity contribution in [3.8, 4) is 0 Å². The number of aliphatic carboxylic acids is 1. The molecule has 0 saturated heterocycles. The fourth-order valence-electron chi connectivity index (χ4n) is 2.27. The molecular formula is C15H32N2O3. The fourth-order valence-corrected chi connectivity index (χ4v) is 2.27. The zero-order valence-corrected chi connectivity index (χ0v) is 13.7. The fraction of sp³-hybridized carbons (Fsp3) is 0.933. The molecule has 0 amide bonds. The van der Waals surface area contributed by atoms with E-state index in [1.165, 1.54) is 0 Å². The molecule has 0 heterocycles. The molecular weight excluding hydrogens is 256 g/mol. The highest BCUT2D eigenvalue weighted by atomic mass is 16.5. The molecule has 1 atom stereocenters. The Morgan fingerprint density at radius 1 is 1.35 bits per heavy atom. The Bertz CT molecular complexity index is 272. The molecule has 1 unspecified atom stereocenters. The van der Waals surface area contributed by atoms with Crippen LogP contribution in [0, 0.1) is 0 Å². The molecule has 0 aliphatic rings. The first-order valence-corrected chi connectivity index (χ1v) is 7.66. The number of carboxylic acids is 1. The van der Waals surface area contributed by atoms with Gasteiger partial charge in [-0.25, -0.2) is 0 Å². The van der Waals surface area contributed by atoms with E-state index in [4.69, 9.17) is 4.74 Å². The average molecular weight is 288 g/mol. The van der Waals surface area contributed by atoms with Crippen molar-refractivity contribution in [3.63, 3.8) is 0 Å². The van der Waals surface area contributed by atoms with Crippen molar-refractivity contribution in [2.24, 2.45) is 0 Å². The summed E-state index contributed by atoms with van der Waals surface area (Å²) in [7, 11) is 2.05. The third-order valence-corrected chi connectivity index (χ3v) is 3.60. The Morgan fingerprint density at radius 3 is 2.45 bits per heavy atom. The molecule has 120 valence electrons. The van der Waals surface area contributed by atoms with Crippen molar-refractivity contribution in [2.75, 3.05) is 33.3 Å². The normalized spacial score (nSPS) is 14.8. The van der Waals surface area contributed by atoms with E-state index in [0.717, 1.165) is 26.1 Å². The molecule has 2 N–H and O–H groups in total. The Balaban J connectivity index is 4.07. The molecule has 0 spiro atoms. The zero-order valence-electron chi connectivity index (χ0n) is 13.7. The number of carbonyl (C=O) groups is 1. The van der Waals surface area contributed by atoms with Crippen LogP contribution in [0.3, 0.4) is 0 Å². The number of ether oxygens (including phenoxy) is 1. The van der Waals surface area contributed by atoms with E-state index in [-0.39, 0.29) is 6.10 Å². The first-order chi connectivity index (χ1) is 9.38. The van der Waals surface area contributed by atoms with E-state index in [0.29, 0.717) is 19.4 Å². The summed E-state index contributed by atoms with van der Waals surface area (Å²) in [6, 6.07) is 0. The summed E-state index contributed by atoms with van der Waals surface area (Å²) in [6.07, 6.45) is 2.39. The van der Waals surface area contributed by atoms with Crippen LogP contribution in [0.25, 0.3) is 0 Å². The van der Waals surface area contributed by atoms with Crippen LogP contribution in [0.1, 0.15) is 47.0 Å². The predicted octanol–water partition coefficient (Wildman–Crippen LogP) is 1.97. The molecule has 20 heavy (non-hydrogen) atoms. The van der Waals surface area contributed by atoms with Crippen LogP contribution in [0.4, 0.5) is 0 Å². The Labute approximate surface area is 123 Å². The monoisotopic (exact) mass is 288 g/mol. The summed E-state index contributed by atoms with van der Waals surface area (Å²) < 4.78 is 5.51. The molecule has 0 bridgehead atoms. The summed E-state index contributed by atoms with van der Waals surface area (Å²) >= 11 is 0. The van der Waals surface area contributed by atoms with Crippen molar-refractivity contribution in [3.05, 3.63) is 0 Å². The second-order valence-electron chi connectivity index (χ2n) is 5.60. The Kier molecular flexibility index (Phi) is 9.80. The maximum Gasteiger partial charge on any atom is 0.323 e. The van der Waals surface area contributed by atoms with E-state index in [1.807, 2.05) is 34.7 Å². The van der Waals surface area contributed by atoms with Crippen LogP contribution in [-0.2, 0) is 9.53 Å². The van der Waals surface area contributed by atoms with Gasteiger partial charge in [0.15, 0.2) is 0 Å². The Morgan fingerprint density at radius 2 is 2.00 bits per heavy atom. The molecule has 0 aromatic carbocycles. The van der Waals surface area contributed by atoms with Gasteiger partial charge in [-0.1, -0.05) is 13.8 Å². The third kappa shape index (κ3) is 7.22. The lowest BCUT2D eigenvalue weighted by molar-refractivity contribution is -0.145. The van der Waals surface area contributed by atoms with E-state index in [1.54, 1.807) is 0 Å². The maximum atomic E-state index is 11.5. The molecule has 0 aliphatic heterocycles. The maximum absolute atomic E-state index is 11.5. The van der Waals surface area contributed by atoms with Gasteiger partial charge >= 0.3 is 5.97 Å². The lowest BCUT2D eigenvalue weighted by atomic mass is 9.90. The molecule has 0 fully saturated rings. The number of hydrogen-bond donors (Lipinski definition) is 2. The predicted molar refractivity (Wildman–Crippen MR) is 82.2 cm³/mol. The van der Waals surface area contributed by atoms with Crippen LogP contribution in [-0.4, -0.2) is 60.9 Å². The summed E-state index contributed by atoms with van der Waals surface area (Å²) in [5.41, 5.74) is -0.774.